The number of thioether (sulfide) groups is 1. The number of amides is 1. The van der Waals surface area contributed by atoms with Crippen LogP contribution in [0.25, 0.3) is 11.4 Å². The Bertz CT molecular complexity index is 981. The molecular formula is C17H17N5O4S. The number of benzene rings is 1. The van der Waals surface area contributed by atoms with Gasteiger partial charge < -0.3 is 20.3 Å². The van der Waals surface area contributed by atoms with Crippen LogP contribution in [0.15, 0.2) is 46.2 Å². The van der Waals surface area contributed by atoms with Gasteiger partial charge in [0.25, 0.3) is 0 Å². The van der Waals surface area contributed by atoms with Crippen LogP contribution in [0.5, 0.6) is 0 Å². The quantitative estimate of drug-likeness (QED) is 0.374. The topological polar surface area (TPSA) is 125 Å². The maximum atomic E-state index is 12.2. The van der Waals surface area contributed by atoms with E-state index in [0.29, 0.717) is 28.0 Å². The SMILES string of the molecule is COC(=O)c1cccc(NC(=O)CSc2nnc(-c3ccoc3C)n2N)c1. The number of rotatable bonds is 6. The van der Waals surface area contributed by atoms with Gasteiger partial charge in [0.1, 0.15) is 5.76 Å². The lowest BCUT2D eigenvalue weighted by atomic mass is 10.2. The summed E-state index contributed by atoms with van der Waals surface area (Å²) in [6, 6.07) is 8.23. The maximum Gasteiger partial charge on any atom is 0.337 e. The van der Waals surface area contributed by atoms with Crippen molar-refractivity contribution in [2.45, 2.75) is 12.1 Å². The molecule has 2 heterocycles. The molecule has 2 aromatic heterocycles. The minimum absolute atomic E-state index is 0.0716. The number of hydrogen-bond donors (Lipinski definition) is 2. The lowest BCUT2D eigenvalue weighted by molar-refractivity contribution is -0.113. The summed E-state index contributed by atoms with van der Waals surface area (Å²) in [6.07, 6.45) is 1.54. The molecule has 3 N–H and O–H groups in total. The fourth-order valence-corrected chi connectivity index (χ4v) is 3.00. The van der Waals surface area contributed by atoms with E-state index >= 15 is 0 Å². The third-order valence-corrected chi connectivity index (χ3v) is 4.61. The number of esters is 1. The third-order valence-electron chi connectivity index (χ3n) is 3.66. The van der Waals surface area contributed by atoms with E-state index in [1.165, 1.54) is 11.8 Å². The lowest BCUT2D eigenvalue weighted by Crippen LogP contribution is -2.16. The number of ether oxygens (including phenoxy) is 1. The Morgan fingerprint density at radius 1 is 1.33 bits per heavy atom. The molecule has 10 heteroatoms. The van der Waals surface area contributed by atoms with Crippen LogP contribution >= 0.6 is 11.8 Å². The molecule has 0 saturated heterocycles. The Kier molecular flexibility index (Phi) is 5.46. The van der Waals surface area contributed by atoms with E-state index in [4.69, 9.17) is 10.3 Å². The van der Waals surface area contributed by atoms with Gasteiger partial charge in [-0.2, -0.15) is 0 Å². The summed E-state index contributed by atoms with van der Waals surface area (Å²) >= 11 is 1.14. The van der Waals surface area contributed by atoms with Gasteiger partial charge in [-0.05, 0) is 31.2 Å². The van der Waals surface area contributed by atoms with Crippen molar-refractivity contribution in [1.82, 2.24) is 14.9 Å². The van der Waals surface area contributed by atoms with Crippen molar-refractivity contribution < 1.29 is 18.7 Å². The van der Waals surface area contributed by atoms with E-state index in [2.05, 4.69) is 20.3 Å². The Hall–Kier alpha value is -3.27. The number of nitrogen functional groups attached to an aromatic ring is 1. The standard InChI is InChI=1S/C17H17N5O4S/c1-10-13(6-7-26-10)15-20-21-17(22(15)18)27-9-14(23)19-12-5-3-4-11(8-12)16(24)25-2/h3-8H,9,18H2,1-2H3,(H,19,23). The third kappa shape index (κ3) is 4.11. The van der Waals surface area contributed by atoms with E-state index in [-0.39, 0.29) is 11.7 Å². The van der Waals surface area contributed by atoms with Crippen molar-refractivity contribution >= 4 is 29.3 Å². The smallest absolute Gasteiger partial charge is 0.337 e. The molecule has 9 nitrogen and oxygen atoms in total. The Balaban J connectivity index is 1.63. The molecule has 0 aliphatic heterocycles. The number of aryl methyl sites for hydroxylation is 1. The van der Waals surface area contributed by atoms with Crippen LogP contribution in [-0.4, -0.2) is 39.6 Å². The van der Waals surface area contributed by atoms with Crippen LogP contribution in [0.2, 0.25) is 0 Å². The average Bonchev–Trinajstić information content (AvgIpc) is 3.24. The minimum atomic E-state index is -0.473. The van der Waals surface area contributed by atoms with Crippen molar-refractivity contribution in [2.75, 3.05) is 24.0 Å². The normalized spacial score (nSPS) is 10.6. The Labute approximate surface area is 158 Å². The minimum Gasteiger partial charge on any atom is -0.469 e. The fourth-order valence-electron chi connectivity index (χ4n) is 2.35. The summed E-state index contributed by atoms with van der Waals surface area (Å²) in [5.41, 5.74) is 1.58. The number of nitrogens with two attached hydrogens (primary N) is 1. The highest BCUT2D eigenvalue weighted by Gasteiger charge is 2.17. The predicted octanol–water partition coefficient (Wildman–Crippen LogP) is 2.08. The molecule has 3 aromatic rings. The second kappa shape index (κ2) is 7.96. The van der Waals surface area contributed by atoms with Crippen molar-refractivity contribution in [1.29, 1.82) is 0 Å². The molecule has 0 radical (unpaired) electrons. The summed E-state index contributed by atoms with van der Waals surface area (Å²) in [7, 11) is 1.30. The monoisotopic (exact) mass is 387 g/mol. The molecule has 0 aliphatic carbocycles. The molecule has 1 aromatic carbocycles. The molecule has 0 spiro atoms. The summed E-state index contributed by atoms with van der Waals surface area (Å²) < 4.78 is 11.2. The number of nitrogens with zero attached hydrogens (tertiary/aromatic N) is 3. The van der Waals surface area contributed by atoms with Crippen LogP contribution in [-0.2, 0) is 9.53 Å². The number of carbonyl (C=O) groups is 2. The van der Waals surface area contributed by atoms with Crippen LogP contribution in [0.4, 0.5) is 5.69 Å². The van der Waals surface area contributed by atoms with Gasteiger partial charge in [-0.25, -0.2) is 9.47 Å². The first-order valence-electron chi connectivity index (χ1n) is 7.85. The number of anilines is 1. The predicted molar refractivity (Wildman–Crippen MR) is 99.7 cm³/mol. The highest BCUT2D eigenvalue weighted by atomic mass is 32.2. The zero-order chi connectivity index (χ0) is 19.4. The average molecular weight is 387 g/mol. The second-order valence-electron chi connectivity index (χ2n) is 5.48. The molecule has 0 unspecified atom stereocenters. The van der Waals surface area contributed by atoms with Crippen molar-refractivity contribution in [3.05, 3.63) is 47.9 Å². The van der Waals surface area contributed by atoms with E-state index in [0.717, 1.165) is 17.3 Å². The molecule has 0 aliphatic rings. The van der Waals surface area contributed by atoms with E-state index in [1.54, 1.807) is 43.5 Å². The van der Waals surface area contributed by atoms with Crippen molar-refractivity contribution in [2.24, 2.45) is 0 Å². The second-order valence-corrected chi connectivity index (χ2v) is 6.42. The number of furan rings is 1. The van der Waals surface area contributed by atoms with E-state index in [9.17, 15) is 9.59 Å². The molecule has 0 bridgehead atoms. The summed E-state index contributed by atoms with van der Waals surface area (Å²) in [4.78, 5) is 23.7. The van der Waals surface area contributed by atoms with Gasteiger partial charge in [0.05, 0.1) is 30.3 Å². The number of nitrogens with one attached hydrogen (secondary N) is 1. The van der Waals surface area contributed by atoms with Gasteiger partial charge in [0.15, 0.2) is 5.82 Å². The van der Waals surface area contributed by atoms with Crippen LogP contribution < -0.4 is 11.2 Å². The highest BCUT2D eigenvalue weighted by Crippen LogP contribution is 2.25. The summed E-state index contributed by atoms with van der Waals surface area (Å²) in [6.45, 7) is 1.80. The van der Waals surface area contributed by atoms with Crippen LogP contribution in [0.1, 0.15) is 16.1 Å². The molecular weight excluding hydrogens is 370 g/mol. The fraction of sp³-hybridized carbons (Fsp3) is 0.176. The van der Waals surface area contributed by atoms with Crippen LogP contribution in [0.3, 0.4) is 0 Å². The largest absolute Gasteiger partial charge is 0.469 e. The highest BCUT2D eigenvalue weighted by molar-refractivity contribution is 7.99. The van der Waals surface area contributed by atoms with E-state index < -0.39 is 5.97 Å². The lowest BCUT2D eigenvalue weighted by Gasteiger charge is -2.07. The molecule has 0 atom stereocenters. The van der Waals surface area contributed by atoms with E-state index in [1.807, 2.05) is 0 Å². The zero-order valence-electron chi connectivity index (χ0n) is 14.6. The van der Waals surface area contributed by atoms with Gasteiger partial charge in [-0.1, -0.05) is 17.8 Å². The Morgan fingerprint density at radius 2 is 2.15 bits per heavy atom. The van der Waals surface area contributed by atoms with Crippen molar-refractivity contribution in [3.63, 3.8) is 0 Å². The molecule has 3 rings (SSSR count). The molecule has 27 heavy (non-hydrogen) atoms. The zero-order valence-corrected chi connectivity index (χ0v) is 15.4. The van der Waals surface area contributed by atoms with Gasteiger partial charge >= 0.3 is 5.97 Å². The number of hydrogen-bond acceptors (Lipinski definition) is 8. The van der Waals surface area contributed by atoms with Crippen LogP contribution in [0, 0.1) is 6.92 Å². The molecule has 0 fully saturated rings. The molecule has 140 valence electrons. The first-order valence-corrected chi connectivity index (χ1v) is 8.84. The van der Waals surface area contributed by atoms with Crippen molar-refractivity contribution in [3.8, 4) is 11.4 Å². The Morgan fingerprint density at radius 3 is 2.85 bits per heavy atom. The van der Waals surface area contributed by atoms with Gasteiger partial charge in [-0.15, -0.1) is 10.2 Å². The first-order chi connectivity index (χ1) is 13.0. The summed E-state index contributed by atoms with van der Waals surface area (Å²) in [5.74, 6) is 6.47. The number of aromatic nitrogens is 3. The number of methoxy groups -OCH3 is 1. The van der Waals surface area contributed by atoms with Gasteiger partial charge in [0, 0.05) is 5.69 Å². The molecule has 0 saturated carbocycles. The summed E-state index contributed by atoms with van der Waals surface area (Å²) in [5, 5.41) is 11.2. The first kappa shape index (κ1) is 18.5. The molecule has 1 amide bonds. The number of carbonyl (C=O) groups excluding carboxylic acids is 2. The van der Waals surface area contributed by atoms with Gasteiger partial charge in [0.2, 0.25) is 11.1 Å². The van der Waals surface area contributed by atoms with Gasteiger partial charge in [-0.3, -0.25) is 4.79 Å². The maximum absolute atomic E-state index is 12.2.